The molecule has 1 heterocycles. The summed E-state index contributed by atoms with van der Waals surface area (Å²) in [4.78, 5) is 11.4. The molecule has 0 bridgehead atoms. The van der Waals surface area contributed by atoms with E-state index in [9.17, 15) is 13.6 Å². The summed E-state index contributed by atoms with van der Waals surface area (Å²) in [5.74, 6) is -2.71. The predicted molar refractivity (Wildman–Crippen MR) is 65.3 cm³/mol. The summed E-state index contributed by atoms with van der Waals surface area (Å²) in [7, 11) is 0. The van der Waals surface area contributed by atoms with Gasteiger partial charge in [-0.3, -0.25) is 0 Å². The van der Waals surface area contributed by atoms with E-state index in [-0.39, 0.29) is 6.04 Å². The number of alkyl carbamates (subject to hydrolysis) is 1. The number of hydrogen-bond donors (Lipinski definition) is 1. The van der Waals surface area contributed by atoms with Gasteiger partial charge in [0.15, 0.2) is 0 Å². The fraction of sp³-hybridized carbons (Fsp3) is 0.923. The van der Waals surface area contributed by atoms with Crippen LogP contribution in [0.1, 0.15) is 45.4 Å². The van der Waals surface area contributed by atoms with E-state index in [0.717, 1.165) is 12.8 Å². The number of nitrogens with one attached hydrogen (secondary N) is 1. The Bertz CT molecular complexity index is 328. The Morgan fingerprint density at radius 2 is 2.11 bits per heavy atom. The van der Waals surface area contributed by atoms with Crippen LogP contribution in [0.2, 0.25) is 0 Å². The molecular weight excluding hydrogens is 256 g/mol. The summed E-state index contributed by atoms with van der Waals surface area (Å²) < 4.78 is 37.0. The van der Waals surface area contributed by atoms with Gasteiger partial charge in [0.05, 0.1) is 6.61 Å². The molecule has 1 amide bonds. The van der Waals surface area contributed by atoms with Crippen molar-refractivity contribution in [3.8, 4) is 0 Å². The first-order valence-electron chi connectivity index (χ1n) is 6.94. The number of ether oxygens (including phenoxy) is 2. The van der Waals surface area contributed by atoms with Crippen LogP contribution in [0.3, 0.4) is 0 Å². The third-order valence-corrected chi connectivity index (χ3v) is 4.04. The Morgan fingerprint density at radius 3 is 2.58 bits per heavy atom. The summed E-state index contributed by atoms with van der Waals surface area (Å²) >= 11 is 0. The average Bonchev–Trinajstić information content (AvgIpc) is 2.39. The Hall–Kier alpha value is -0.910. The molecule has 1 saturated carbocycles. The Balaban J connectivity index is 1.70. The first-order chi connectivity index (χ1) is 8.99. The first-order valence-corrected chi connectivity index (χ1v) is 6.94. The molecule has 2 fully saturated rings. The predicted octanol–water partition coefficient (Wildman–Crippen LogP) is 2.86. The molecule has 1 saturated heterocycles. The molecule has 0 aromatic heterocycles. The molecule has 1 N–H and O–H groups in total. The van der Waals surface area contributed by atoms with Crippen molar-refractivity contribution in [3.63, 3.8) is 0 Å². The van der Waals surface area contributed by atoms with Crippen molar-refractivity contribution in [1.29, 1.82) is 0 Å². The third-order valence-electron chi connectivity index (χ3n) is 4.04. The van der Waals surface area contributed by atoms with Crippen LogP contribution in [0.4, 0.5) is 13.6 Å². The summed E-state index contributed by atoms with van der Waals surface area (Å²) in [6, 6.07) is -0.0836. The molecule has 0 aromatic carbocycles. The smallest absolute Gasteiger partial charge is 0.407 e. The highest BCUT2D eigenvalue weighted by molar-refractivity contribution is 5.67. The first kappa shape index (κ1) is 14.5. The lowest BCUT2D eigenvalue weighted by atomic mass is 9.75. The largest absolute Gasteiger partial charge is 0.450 e. The van der Waals surface area contributed by atoms with E-state index in [1.807, 2.05) is 6.92 Å². The molecule has 6 heteroatoms. The number of halogens is 2. The second-order valence-corrected chi connectivity index (χ2v) is 5.40. The van der Waals surface area contributed by atoms with E-state index in [0.29, 0.717) is 32.3 Å². The molecule has 0 aromatic rings. The second kappa shape index (κ2) is 5.61. The number of carbonyl (C=O) groups excluding carboxylic acids is 1. The molecule has 110 valence electrons. The maximum absolute atomic E-state index is 13.4. The van der Waals surface area contributed by atoms with E-state index in [1.54, 1.807) is 0 Å². The quantitative estimate of drug-likeness (QED) is 0.804. The van der Waals surface area contributed by atoms with Gasteiger partial charge in [-0.25, -0.2) is 13.6 Å². The Morgan fingerprint density at radius 1 is 1.42 bits per heavy atom. The average molecular weight is 277 g/mol. The molecular formula is C13H21F2NO3. The van der Waals surface area contributed by atoms with Crippen molar-refractivity contribution in [2.75, 3.05) is 13.2 Å². The minimum atomic E-state index is -2.71. The normalized spacial score (nSPS) is 32.7. The van der Waals surface area contributed by atoms with Gasteiger partial charge in [0.25, 0.3) is 5.92 Å². The summed E-state index contributed by atoms with van der Waals surface area (Å²) in [5, 5.41) is 2.73. The molecule has 0 atom stereocenters. The highest BCUT2D eigenvalue weighted by Gasteiger charge is 2.63. The van der Waals surface area contributed by atoms with Gasteiger partial charge < -0.3 is 14.8 Å². The van der Waals surface area contributed by atoms with Crippen molar-refractivity contribution in [3.05, 3.63) is 0 Å². The van der Waals surface area contributed by atoms with Gasteiger partial charge in [-0.05, 0) is 32.1 Å². The van der Waals surface area contributed by atoms with Crippen molar-refractivity contribution in [1.82, 2.24) is 5.32 Å². The lowest BCUT2D eigenvalue weighted by molar-refractivity contribution is -0.338. The van der Waals surface area contributed by atoms with E-state index in [1.165, 1.54) is 0 Å². The minimum absolute atomic E-state index is 0.0836. The van der Waals surface area contributed by atoms with E-state index in [4.69, 9.17) is 9.47 Å². The van der Waals surface area contributed by atoms with Crippen LogP contribution in [0.25, 0.3) is 0 Å². The van der Waals surface area contributed by atoms with Crippen LogP contribution in [-0.2, 0) is 9.47 Å². The SMILES string of the molecule is CCCCOC(=O)NC1CCC2(CC1)OCC2(F)F. The number of alkyl halides is 2. The molecule has 2 rings (SSSR count). The van der Waals surface area contributed by atoms with Crippen LogP contribution in [0.15, 0.2) is 0 Å². The van der Waals surface area contributed by atoms with Gasteiger partial charge in [-0.15, -0.1) is 0 Å². The molecule has 19 heavy (non-hydrogen) atoms. The summed E-state index contributed by atoms with van der Waals surface area (Å²) in [5.41, 5.74) is -1.27. The number of carbonyl (C=O) groups is 1. The van der Waals surface area contributed by atoms with E-state index in [2.05, 4.69) is 5.32 Å². The molecule has 1 aliphatic carbocycles. The minimum Gasteiger partial charge on any atom is -0.450 e. The maximum Gasteiger partial charge on any atom is 0.407 e. The Labute approximate surface area is 111 Å². The molecule has 0 unspecified atom stereocenters. The topological polar surface area (TPSA) is 47.6 Å². The summed E-state index contributed by atoms with van der Waals surface area (Å²) in [6.07, 6.45) is 2.96. The van der Waals surface area contributed by atoms with Crippen molar-refractivity contribution < 1.29 is 23.0 Å². The molecule has 4 nitrogen and oxygen atoms in total. The zero-order valence-electron chi connectivity index (χ0n) is 11.2. The molecule has 2 aliphatic rings. The van der Waals surface area contributed by atoms with E-state index >= 15 is 0 Å². The lowest BCUT2D eigenvalue weighted by Gasteiger charge is -2.52. The van der Waals surface area contributed by atoms with Gasteiger partial charge in [0.1, 0.15) is 12.2 Å². The van der Waals surface area contributed by atoms with Crippen LogP contribution >= 0.6 is 0 Å². The van der Waals surface area contributed by atoms with Gasteiger partial charge in [-0.2, -0.15) is 0 Å². The highest BCUT2D eigenvalue weighted by atomic mass is 19.3. The number of hydrogen-bond acceptors (Lipinski definition) is 3. The fourth-order valence-electron chi connectivity index (χ4n) is 2.64. The van der Waals surface area contributed by atoms with Crippen LogP contribution in [0, 0.1) is 0 Å². The van der Waals surface area contributed by atoms with Gasteiger partial charge in [-0.1, -0.05) is 13.3 Å². The lowest BCUT2D eigenvalue weighted by Crippen LogP contribution is -2.65. The zero-order valence-corrected chi connectivity index (χ0v) is 11.2. The summed E-state index contributed by atoms with van der Waals surface area (Å²) in [6.45, 7) is 1.95. The van der Waals surface area contributed by atoms with Gasteiger partial charge in [0, 0.05) is 6.04 Å². The zero-order chi connectivity index (χ0) is 13.9. The highest BCUT2D eigenvalue weighted by Crippen LogP contribution is 2.50. The number of amides is 1. The molecule has 0 radical (unpaired) electrons. The number of unbranched alkanes of at least 4 members (excludes halogenated alkanes) is 1. The Kier molecular flexibility index (Phi) is 4.28. The van der Waals surface area contributed by atoms with Gasteiger partial charge >= 0.3 is 6.09 Å². The van der Waals surface area contributed by atoms with Crippen LogP contribution in [-0.4, -0.2) is 36.9 Å². The maximum atomic E-state index is 13.4. The third kappa shape index (κ3) is 2.99. The fourth-order valence-corrected chi connectivity index (χ4v) is 2.64. The van der Waals surface area contributed by atoms with Crippen LogP contribution in [0.5, 0.6) is 0 Å². The van der Waals surface area contributed by atoms with E-state index < -0.39 is 24.2 Å². The van der Waals surface area contributed by atoms with Crippen LogP contribution < -0.4 is 5.32 Å². The monoisotopic (exact) mass is 277 g/mol. The molecule has 1 aliphatic heterocycles. The van der Waals surface area contributed by atoms with Crippen molar-refractivity contribution in [2.45, 2.75) is 63.0 Å². The van der Waals surface area contributed by atoms with Crippen molar-refractivity contribution >= 4 is 6.09 Å². The number of rotatable bonds is 4. The molecule has 1 spiro atoms. The standard InChI is InChI=1S/C13H21F2NO3/c1-2-3-8-18-11(17)16-10-4-6-12(7-5-10)13(14,15)9-19-12/h10H,2-9H2,1H3,(H,16,17). The van der Waals surface area contributed by atoms with Gasteiger partial charge in [0.2, 0.25) is 0 Å². The van der Waals surface area contributed by atoms with Crippen molar-refractivity contribution in [2.24, 2.45) is 0 Å². The second-order valence-electron chi connectivity index (χ2n) is 5.40.